The van der Waals surface area contributed by atoms with E-state index in [4.69, 9.17) is 4.74 Å². The van der Waals surface area contributed by atoms with Crippen molar-refractivity contribution in [2.75, 3.05) is 19.6 Å². The summed E-state index contributed by atoms with van der Waals surface area (Å²) in [6.45, 7) is 2.86. The minimum absolute atomic E-state index is 0.0312. The molecule has 7 nitrogen and oxygen atoms in total. The third kappa shape index (κ3) is 4.98. The largest absolute Gasteiger partial charge is 0.373 e. The first-order valence-corrected chi connectivity index (χ1v) is 10.2. The van der Waals surface area contributed by atoms with Crippen LogP contribution in [0.3, 0.4) is 0 Å². The molecule has 0 bridgehead atoms. The van der Waals surface area contributed by atoms with Crippen molar-refractivity contribution in [2.45, 2.75) is 38.5 Å². The van der Waals surface area contributed by atoms with Gasteiger partial charge >= 0.3 is 0 Å². The lowest BCUT2D eigenvalue weighted by Gasteiger charge is -2.33. The van der Waals surface area contributed by atoms with Gasteiger partial charge in [-0.05, 0) is 36.6 Å². The molecule has 2 aromatic heterocycles. The smallest absolute Gasteiger partial charge is 0.227 e. The van der Waals surface area contributed by atoms with E-state index in [2.05, 4.69) is 9.97 Å². The first kappa shape index (κ1) is 19.5. The molecule has 2 fully saturated rings. The summed E-state index contributed by atoms with van der Waals surface area (Å²) in [5.41, 5.74) is 1.91. The first-order valence-electron chi connectivity index (χ1n) is 10.2. The third-order valence-electron chi connectivity index (χ3n) is 5.60. The van der Waals surface area contributed by atoms with E-state index < -0.39 is 0 Å². The van der Waals surface area contributed by atoms with Gasteiger partial charge in [0.15, 0.2) is 0 Å². The fourth-order valence-corrected chi connectivity index (χ4v) is 3.98. The minimum Gasteiger partial charge on any atom is -0.373 e. The zero-order chi connectivity index (χ0) is 20.1. The maximum absolute atomic E-state index is 12.9. The highest BCUT2D eigenvalue weighted by atomic mass is 16.5. The Morgan fingerprint density at radius 3 is 2.72 bits per heavy atom. The van der Waals surface area contributed by atoms with Crippen LogP contribution in [0.15, 0.2) is 48.9 Å². The van der Waals surface area contributed by atoms with Crippen LogP contribution in [0.2, 0.25) is 0 Å². The Kier molecular flexibility index (Phi) is 6.14. The van der Waals surface area contributed by atoms with Crippen molar-refractivity contribution >= 4 is 11.8 Å². The fourth-order valence-electron chi connectivity index (χ4n) is 3.98. The fraction of sp³-hybridized carbons (Fsp3) is 0.455. The molecule has 0 aromatic carbocycles. The molecule has 2 amide bonds. The maximum atomic E-state index is 12.9. The molecule has 4 heterocycles. The molecule has 0 N–H and O–H groups in total. The van der Waals surface area contributed by atoms with Crippen LogP contribution in [0.5, 0.6) is 0 Å². The van der Waals surface area contributed by atoms with Crippen LogP contribution >= 0.6 is 0 Å². The van der Waals surface area contributed by atoms with Gasteiger partial charge in [0.1, 0.15) is 0 Å². The second-order valence-corrected chi connectivity index (χ2v) is 7.69. The Hall–Kier alpha value is -2.80. The van der Waals surface area contributed by atoms with Crippen LogP contribution in [0.25, 0.3) is 0 Å². The zero-order valence-corrected chi connectivity index (χ0v) is 16.4. The Morgan fingerprint density at radius 2 is 2.00 bits per heavy atom. The van der Waals surface area contributed by atoms with Crippen molar-refractivity contribution in [2.24, 2.45) is 5.92 Å². The molecule has 0 aliphatic carbocycles. The second-order valence-electron chi connectivity index (χ2n) is 7.69. The van der Waals surface area contributed by atoms with E-state index in [-0.39, 0.29) is 23.8 Å². The zero-order valence-electron chi connectivity index (χ0n) is 16.4. The molecule has 0 spiro atoms. The Labute approximate surface area is 170 Å². The monoisotopic (exact) mass is 394 g/mol. The van der Waals surface area contributed by atoms with E-state index in [9.17, 15) is 9.59 Å². The van der Waals surface area contributed by atoms with Gasteiger partial charge in [0.05, 0.1) is 30.9 Å². The van der Waals surface area contributed by atoms with Gasteiger partial charge in [-0.15, -0.1) is 0 Å². The lowest BCUT2D eigenvalue weighted by Crippen LogP contribution is -2.44. The predicted molar refractivity (Wildman–Crippen MR) is 106 cm³/mol. The van der Waals surface area contributed by atoms with Gasteiger partial charge in [-0.3, -0.25) is 19.6 Å². The van der Waals surface area contributed by atoms with E-state index in [1.807, 2.05) is 41.4 Å². The standard InChI is InChI=1S/C22H26N4O3/c27-21-12-18(14-26(21)15-19-5-1-2-9-24-19)22(28)25-10-6-20(7-11-25)29-16-17-4-3-8-23-13-17/h1-5,8-9,13,18,20H,6-7,10-12,14-16H2. The number of hydrogen-bond donors (Lipinski definition) is 0. The molecule has 1 atom stereocenters. The van der Waals surface area contributed by atoms with Gasteiger partial charge in [0.2, 0.25) is 11.8 Å². The summed E-state index contributed by atoms with van der Waals surface area (Å²) in [5, 5.41) is 0. The number of carbonyl (C=O) groups excluding carboxylic acids is 2. The highest BCUT2D eigenvalue weighted by Crippen LogP contribution is 2.24. The van der Waals surface area contributed by atoms with Crippen molar-refractivity contribution in [1.82, 2.24) is 19.8 Å². The summed E-state index contributed by atoms with van der Waals surface area (Å²) in [6.07, 6.45) is 7.38. The number of nitrogens with zero attached hydrogens (tertiary/aromatic N) is 4. The highest BCUT2D eigenvalue weighted by Gasteiger charge is 2.37. The average Bonchev–Trinajstić information content (AvgIpc) is 3.14. The number of piperidine rings is 1. The number of amides is 2. The molecule has 0 saturated carbocycles. The van der Waals surface area contributed by atoms with E-state index in [1.165, 1.54) is 0 Å². The number of likely N-dealkylation sites (tertiary alicyclic amines) is 2. The lowest BCUT2D eigenvalue weighted by atomic mass is 10.0. The molecule has 2 aromatic rings. The van der Waals surface area contributed by atoms with Gasteiger partial charge in [-0.1, -0.05) is 12.1 Å². The molecule has 7 heteroatoms. The van der Waals surface area contributed by atoms with Crippen LogP contribution in [-0.2, 0) is 27.5 Å². The number of hydrogen-bond acceptors (Lipinski definition) is 5. The molecule has 152 valence electrons. The summed E-state index contributed by atoms with van der Waals surface area (Å²) in [7, 11) is 0. The molecule has 4 rings (SSSR count). The topological polar surface area (TPSA) is 75.6 Å². The van der Waals surface area contributed by atoms with Gasteiger partial charge < -0.3 is 14.5 Å². The van der Waals surface area contributed by atoms with Crippen molar-refractivity contribution < 1.29 is 14.3 Å². The van der Waals surface area contributed by atoms with Crippen LogP contribution in [0.1, 0.15) is 30.5 Å². The van der Waals surface area contributed by atoms with Crippen LogP contribution in [-0.4, -0.2) is 57.3 Å². The molecule has 29 heavy (non-hydrogen) atoms. The Morgan fingerprint density at radius 1 is 1.14 bits per heavy atom. The van der Waals surface area contributed by atoms with Gasteiger partial charge in [-0.2, -0.15) is 0 Å². The van der Waals surface area contributed by atoms with E-state index in [0.29, 0.717) is 39.2 Å². The Balaban J connectivity index is 1.24. The van der Waals surface area contributed by atoms with Crippen LogP contribution < -0.4 is 0 Å². The average molecular weight is 394 g/mol. The van der Waals surface area contributed by atoms with E-state index >= 15 is 0 Å². The van der Waals surface area contributed by atoms with Crippen LogP contribution in [0.4, 0.5) is 0 Å². The number of aromatic nitrogens is 2. The van der Waals surface area contributed by atoms with Gasteiger partial charge in [0.25, 0.3) is 0 Å². The van der Waals surface area contributed by atoms with Crippen molar-refractivity contribution in [1.29, 1.82) is 0 Å². The highest BCUT2D eigenvalue weighted by molar-refractivity contribution is 5.89. The normalized spacial score (nSPS) is 20.3. The molecule has 2 saturated heterocycles. The maximum Gasteiger partial charge on any atom is 0.227 e. The molecule has 0 radical (unpaired) electrons. The number of carbonyl (C=O) groups is 2. The minimum atomic E-state index is -0.251. The molecule has 1 unspecified atom stereocenters. The Bertz CT molecular complexity index is 822. The SMILES string of the molecule is O=C1CC(C(=O)N2CCC(OCc3cccnc3)CC2)CN1Cc1ccccn1. The number of pyridine rings is 2. The second kappa shape index (κ2) is 9.13. The van der Waals surface area contributed by atoms with E-state index in [1.54, 1.807) is 17.3 Å². The third-order valence-corrected chi connectivity index (χ3v) is 5.60. The van der Waals surface area contributed by atoms with Crippen molar-refractivity contribution in [3.05, 3.63) is 60.2 Å². The number of ether oxygens (including phenoxy) is 1. The van der Waals surface area contributed by atoms with Crippen molar-refractivity contribution in [3.8, 4) is 0 Å². The van der Waals surface area contributed by atoms with E-state index in [0.717, 1.165) is 24.1 Å². The molecular weight excluding hydrogens is 368 g/mol. The van der Waals surface area contributed by atoms with Crippen molar-refractivity contribution in [3.63, 3.8) is 0 Å². The van der Waals surface area contributed by atoms with Gasteiger partial charge in [0, 0.05) is 44.6 Å². The van der Waals surface area contributed by atoms with Crippen LogP contribution in [0, 0.1) is 5.92 Å². The molecular formula is C22H26N4O3. The number of rotatable bonds is 6. The van der Waals surface area contributed by atoms with Gasteiger partial charge in [-0.25, -0.2) is 0 Å². The molecule has 2 aliphatic rings. The lowest BCUT2D eigenvalue weighted by molar-refractivity contribution is -0.138. The molecule has 2 aliphatic heterocycles. The summed E-state index contributed by atoms with van der Waals surface area (Å²) >= 11 is 0. The predicted octanol–water partition coefficient (Wildman–Crippen LogP) is 2.03. The quantitative estimate of drug-likeness (QED) is 0.749. The first-order chi connectivity index (χ1) is 14.2. The summed E-state index contributed by atoms with van der Waals surface area (Å²) in [6, 6.07) is 9.57. The summed E-state index contributed by atoms with van der Waals surface area (Å²) in [5.74, 6) is -0.129. The summed E-state index contributed by atoms with van der Waals surface area (Å²) in [4.78, 5) is 37.3. The summed E-state index contributed by atoms with van der Waals surface area (Å²) < 4.78 is 5.98.